The highest BCUT2D eigenvalue weighted by atomic mass is 16.2. The summed E-state index contributed by atoms with van der Waals surface area (Å²) in [7, 11) is 0. The average molecular weight is 666 g/mol. The molecule has 4 aliphatic rings. The zero-order chi connectivity index (χ0) is 34.9. The zero-order valence-electron chi connectivity index (χ0n) is 28.3. The van der Waals surface area contributed by atoms with Gasteiger partial charge in [0.1, 0.15) is 12.1 Å². The Bertz CT molecular complexity index is 1610. The number of benzene rings is 2. The molecule has 2 saturated carbocycles. The summed E-state index contributed by atoms with van der Waals surface area (Å²) in [4.78, 5) is 69.6. The van der Waals surface area contributed by atoms with Crippen LogP contribution in [-0.2, 0) is 32.0 Å². The maximum Gasteiger partial charge on any atom is 0.315 e. The lowest BCUT2D eigenvalue weighted by Crippen LogP contribution is -2.60. The van der Waals surface area contributed by atoms with Crippen molar-refractivity contribution in [3.05, 3.63) is 96.6 Å². The molecule has 7 atom stereocenters. The first-order chi connectivity index (χ1) is 23.5. The van der Waals surface area contributed by atoms with E-state index in [1.807, 2.05) is 30.3 Å². The number of carbonyl (C=O) groups is 5. The number of rotatable bonds is 14. The largest absolute Gasteiger partial charge is 0.346 e. The van der Waals surface area contributed by atoms with Crippen molar-refractivity contribution in [2.24, 2.45) is 23.2 Å². The van der Waals surface area contributed by atoms with Crippen molar-refractivity contribution in [3.63, 3.8) is 0 Å². The van der Waals surface area contributed by atoms with Gasteiger partial charge >= 0.3 is 6.03 Å². The van der Waals surface area contributed by atoms with E-state index < -0.39 is 41.8 Å². The van der Waals surface area contributed by atoms with Gasteiger partial charge in [-0.05, 0) is 72.0 Å². The number of carbonyl (C=O) groups excluding carboxylic acids is 5. The van der Waals surface area contributed by atoms with E-state index >= 15 is 0 Å². The summed E-state index contributed by atoms with van der Waals surface area (Å²) in [5.41, 5.74) is 3.29. The Morgan fingerprint density at radius 2 is 1.61 bits per heavy atom. The molecule has 258 valence electrons. The Morgan fingerprint density at radius 3 is 2.27 bits per heavy atom. The molecular formula is C39H47N5O5. The van der Waals surface area contributed by atoms with Crippen LogP contribution in [0.2, 0.25) is 0 Å². The minimum Gasteiger partial charge on any atom is -0.346 e. The van der Waals surface area contributed by atoms with E-state index in [1.165, 1.54) is 11.6 Å². The quantitative estimate of drug-likeness (QED) is 0.181. The lowest BCUT2D eigenvalue weighted by Gasteiger charge is -2.35. The summed E-state index contributed by atoms with van der Waals surface area (Å²) >= 11 is 0. The highest BCUT2D eigenvalue weighted by Gasteiger charge is 2.69. The van der Waals surface area contributed by atoms with Crippen molar-refractivity contribution in [1.82, 2.24) is 26.2 Å². The Kier molecular flexibility index (Phi) is 9.77. The number of nitrogens with one attached hydrogen (secondary N) is 4. The van der Waals surface area contributed by atoms with Crippen molar-refractivity contribution < 1.29 is 24.0 Å². The number of hydrogen-bond acceptors (Lipinski definition) is 5. The smallest absolute Gasteiger partial charge is 0.315 e. The Labute approximate surface area is 288 Å². The predicted octanol–water partition coefficient (Wildman–Crippen LogP) is 3.43. The summed E-state index contributed by atoms with van der Waals surface area (Å²) in [5, 5.41) is 11.5. The van der Waals surface area contributed by atoms with Crippen LogP contribution in [0.4, 0.5) is 4.79 Å². The van der Waals surface area contributed by atoms with Crippen molar-refractivity contribution in [3.8, 4) is 0 Å². The second-order valence-corrected chi connectivity index (χ2v) is 14.6. The molecule has 1 heterocycles. The Balaban J connectivity index is 1.21. The van der Waals surface area contributed by atoms with E-state index in [0.717, 1.165) is 17.5 Å². The highest BCUT2D eigenvalue weighted by Crippen LogP contribution is 2.65. The standard InChI is InChI=1S/C39H47N5O5/c1-5-7-17-29(34(45)36(47)40-18-6-2)41-35(46)33-31-28(39(31,3)4)22-44(33)37(48)32(26-19-24-15-11-12-16-25(24)20-26)43-38(49)42-30-21-27(30)23-13-9-8-10-14-23/h5-6,8-16,26-33H,1-2,7,17-22H2,3-4H3,(H,40,47)(H,41,46)(H2,42,43,49)/t27-,28+,29?,30-,31+,32-,33-/m0/s1. The fourth-order valence-corrected chi connectivity index (χ4v) is 8.20. The van der Waals surface area contributed by atoms with E-state index in [4.69, 9.17) is 0 Å². The van der Waals surface area contributed by atoms with Gasteiger partial charge in [-0.2, -0.15) is 0 Å². The van der Waals surface area contributed by atoms with Crippen LogP contribution < -0.4 is 21.3 Å². The molecule has 49 heavy (non-hydrogen) atoms. The number of hydrogen-bond donors (Lipinski definition) is 4. The van der Waals surface area contributed by atoms with Gasteiger partial charge in [-0.25, -0.2) is 4.79 Å². The fraction of sp³-hybridized carbons (Fsp3) is 0.462. The van der Waals surface area contributed by atoms with Crippen LogP contribution in [0.25, 0.3) is 0 Å². The molecule has 2 aromatic carbocycles. The van der Waals surface area contributed by atoms with Gasteiger partial charge in [-0.15, -0.1) is 13.2 Å². The van der Waals surface area contributed by atoms with Gasteiger partial charge in [0.25, 0.3) is 5.91 Å². The fourth-order valence-electron chi connectivity index (χ4n) is 8.20. The van der Waals surface area contributed by atoms with Crippen LogP contribution in [0.1, 0.15) is 55.7 Å². The van der Waals surface area contributed by atoms with E-state index in [1.54, 1.807) is 11.0 Å². The summed E-state index contributed by atoms with van der Waals surface area (Å²) in [6.45, 7) is 12.0. The number of likely N-dealkylation sites (tertiary alicyclic amines) is 1. The first-order valence-electron chi connectivity index (χ1n) is 17.4. The second-order valence-electron chi connectivity index (χ2n) is 14.6. The van der Waals surface area contributed by atoms with E-state index in [2.05, 4.69) is 72.5 Å². The van der Waals surface area contributed by atoms with Gasteiger partial charge in [0.05, 0.1) is 6.04 Å². The van der Waals surface area contributed by atoms with Crippen molar-refractivity contribution >= 4 is 29.5 Å². The first-order valence-corrected chi connectivity index (χ1v) is 17.4. The molecule has 0 bridgehead atoms. The monoisotopic (exact) mass is 665 g/mol. The molecule has 6 rings (SSSR count). The van der Waals surface area contributed by atoms with Gasteiger partial charge in [0.15, 0.2) is 0 Å². The molecule has 5 amide bonds. The number of amides is 5. The van der Waals surface area contributed by atoms with E-state index in [-0.39, 0.29) is 54.0 Å². The first kappa shape index (κ1) is 34.1. The molecule has 3 fully saturated rings. The Hall–Kier alpha value is -4.73. The third kappa shape index (κ3) is 7.05. The van der Waals surface area contributed by atoms with Crippen LogP contribution in [0.3, 0.4) is 0 Å². The van der Waals surface area contributed by atoms with Gasteiger partial charge in [-0.3, -0.25) is 19.2 Å². The summed E-state index contributed by atoms with van der Waals surface area (Å²) in [5.74, 6) is -2.31. The maximum atomic E-state index is 14.7. The van der Waals surface area contributed by atoms with E-state index in [9.17, 15) is 24.0 Å². The molecule has 0 aromatic heterocycles. The lowest BCUT2D eigenvalue weighted by molar-refractivity contribution is -0.144. The van der Waals surface area contributed by atoms with Crippen LogP contribution in [0.5, 0.6) is 0 Å². The van der Waals surface area contributed by atoms with Gasteiger partial charge < -0.3 is 26.2 Å². The number of fused-ring (bicyclic) bond motifs is 2. The summed E-state index contributed by atoms with van der Waals surface area (Å²) in [6.07, 6.45) is 5.79. The predicted molar refractivity (Wildman–Crippen MR) is 186 cm³/mol. The molecule has 0 spiro atoms. The molecule has 3 aliphatic carbocycles. The second kappa shape index (κ2) is 14.0. The molecule has 1 aliphatic heterocycles. The zero-order valence-corrected chi connectivity index (χ0v) is 28.3. The third-order valence-corrected chi connectivity index (χ3v) is 11.1. The van der Waals surface area contributed by atoms with Crippen molar-refractivity contribution in [1.29, 1.82) is 0 Å². The third-order valence-electron chi connectivity index (χ3n) is 11.1. The summed E-state index contributed by atoms with van der Waals surface area (Å²) < 4.78 is 0. The number of ketones is 1. The molecule has 1 unspecified atom stereocenters. The molecule has 4 N–H and O–H groups in total. The van der Waals surface area contributed by atoms with Gasteiger partial charge in [0, 0.05) is 25.0 Å². The number of Topliss-reactive ketones (excluding diaryl/α,β-unsaturated/α-hetero) is 1. The van der Waals surface area contributed by atoms with Gasteiger partial charge in [0.2, 0.25) is 17.6 Å². The number of urea groups is 1. The van der Waals surface area contributed by atoms with E-state index in [0.29, 0.717) is 25.8 Å². The van der Waals surface area contributed by atoms with Crippen LogP contribution in [0, 0.1) is 23.2 Å². The van der Waals surface area contributed by atoms with Crippen LogP contribution >= 0.6 is 0 Å². The normalized spacial score (nSPS) is 25.5. The molecule has 2 aromatic rings. The van der Waals surface area contributed by atoms with Crippen molar-refractivity contribution in [2.45, 2.75) is 76.0 Å². The van der Waals surface area contributed by atoms with Crippen molar-refractivity contribution in [2.75, 3.05) is 13.1 Å². The number of allylic oxidation sites excluding steroid dienone is 1. The molecular weight excluding hydrogens is 618 g/mol. The molecule has 10 nitrogen and oxygen atoms in total. The highest BCUT2D eigenvalue weighted by molar-refractivity contribution is 6.38. The summed E-state index contributed by atoms with van der Waals surface area (Å²) in [6, 6.07) is 14.9. The minimum absolute atomic E-state index is 0.0219. The van der Waals surface area contributed by atoms with Gasteiger partial charge in [-0.1, -0.05) is 80.6 Å². The Morgan fingerprint density at radius 1 is 0.939 bits per heavy atom. The number of piperidine rings is 1. The average Bonchev–Trinajstić information content (AvgIpc) is 3.78. The number of nitrogens with zero attached hydrogens (tertiary/aromatic N) is 1. The minimum atomic E-state index is -1.08. The SMILES string of the molecule is C=CCCC(NC(=O)[C@@H]1[C@H]2[C@@H](CN1C(=O)[C@@H](NC(=O)N[C@H]1C[C@H]1c1ccccc1)C1Cc3ccccc3C1)C2(C)C)C(=O)C(=O)NCC=C. The topological polar surface area (TPSA) is 137 Å². The molecule has 10 heteroatoms. The maximum absolute atomic E-state index is 14.7. The molecule has 0 radical (unpaired) electrons. The molecule has 1 saturated heterocycles. The van der Waals surface area contributed by atoms with Crippen LogP contribution in [0.15, 0.2) is 79.9 Å². The lowest BCUT2D eigenvalue weighted by atomic mass is 9.93. The van der Waals surface area contributed by atoms with Crippen LogP contribution in [-0.4, -0.2) is 71.7 Å².